The van der Waals surface area contributed by atoms with Crippen molar-refractivity contribution in [1.82, 2.24) is 10.2 Å². The minimum absolute atomic E-state index is 0.122. The molecule has 5 rings (SSSR count). The van der Waals surface area contributed by atoms with Crippen molar-refractivity contribution in [3.63, 3.8) is 0 Å². The number of amides is 2. The molecule has 3 fully saturated rings. The smallest absolute Gasteiger partial charge is 0.222 e. The lowest BCUT2D eigenvalue weighted by atomic mass is 9.75. The van der Waals surface area contributed by atoms with Crippen LogP contribution in [0.3, 0.4) is 0 Å². The molecule has 3 aliphatic rings. The zero-order valence-electron chi connectivity index (χ0n) is 18.4. The maximum absolute atomic E-state index is 13.1. The lowest BCUT2D eigenvalue weighted by molar-refractivity contribution is -0.135. The van der Waals surface area contributed by atoms with E-state index in [0.29, 0.717) is 18.8 Å². The van der Waals surface area contributed by atoms with Crippen LogP contribution in [0.25, 0.3) is 10.8 Å². The van der Waals surface area contributed by atoms with E-state index < -0.39 is 0 Å². The first-order valence-electron chi connectivity index (χ1n) is 12.2. The molecule has 1 N–H and O–H groups in total. The highest BCUT2D eigenvalue weighted by atomic mass is 16.2. The van der Waals surface area contributed by atoms with E-state index in [9.17, 15) is 9.59 Å². The molecule has 0 unspecified atom stereocenters. The fourth-order valence-electron chi connectivity index (χ4n) is 6.25. The van der Waals surface area contributed by atoms with Crippen LogP contribution in [0.4, 0.5) is 0 Å². The second-order valence-electron chi connectivity index (χ2n) is 10.1. The molecule has 0 bridgehead atoms. The highest BCUT2D eigenvalue weighted by Crippen LogP contribution is 2.37. The molecule has 0 aromatic heterocycles. The molecule has 3 atom stereocenters. The molecule has 2 aliphatic heterocycles. The molecule has 164 valence electrons. The van der Waals surface area contributed by atoms with Gasteiger partial charge in [-0.3, -0.25) is 9.59 Å². The second-order valence-corrected chi connectivity index (χ2v) is 10.1. The Morgan fingerprint density at radius 3 is 2.65 bits per heavy atom. The van der Waals surface area contributed by atoms with Gasteiger partial charge in [0.15, 0.2) is 0 Å². The molecule has 2 amide bonds. The maximum atomic E-state index is 13.1. The summed E-state index contributed by atoms with van der Waals surface area (Å²) >= 11 is 0. The minimum Gasteiger partial charge on any atom is -0.350 e. The fraction of sp³-hybridized carbons (Fsp3) is 0.556. The number of rotatable bonds is 5. The Morgan fingerprint density at radius 1 is 1.03 bits per heavy atom. The van der Waals surface area contributed by atoms with Crippen molar-refractivity contribution in [1.29, 1.82) is 0 Å². The van der Waals surface area contributed by atoms with Gasteiger partial charge < -0.3 is 10.2 Å². The summed E-state index contributed by atoms with van der Waals surface area (Å²) in [5.74, 6) is 1.95. The summed E-state index contributed by atoms with van der Waals surface area (Å²) in [6, 6.07) is 14.9. The van der Waals surface area contributed by atoms with Crippen LogP contribution in [0.15, 0.2) is 42.5 Å². The van der Waals surface area contributed by atoms with E-state index in [0.717, 1.165) is 38.3 Å². The Balaban J connectivity index is 1.25. The Kier molecular flexibility index (Phi) is 5.73. The van der Waals surface area contributed by atoms with E-state index in [1.54, 1.807) is 0 Å². The first-order chi connectivity index (χ1) is 15.1. The monoisotopic (exact) mass is 418 g/mol. The maximum Gasteiger partial charge on any atom is 0.222 e. The number of likely N-dealkylation sites (tertiary alicyclic amines) is 1. The van der Waals surface area contributed by atoms with Gasteiger partial charge in [0, 0.05) is 31.5 Å². The van der Waals surface area contributed by atoms with Gasteiger partial charge in [-0.05, 0) is 60.3 Å². The SMILES string of the molecule is O=C1CC[C@@](CCC(=O)N2CC[C@@H]3CCCC[C@H]3C2)(Cc2ccc3ccccc3c2)N1. The van der Waals surface area contributed by atoms with Gasteiger partial charge >= 0.3 is 0 Å². The van der Waals surface area contributed by atoms with Crippen LogP contribution in [0.1, 0.15) is 63.4 Å². The molecular formula is C27H34N2O2. The van der Waals surface area contributed by atoms with Crippen molar-refractivity contribution < 1.29 is 9.59 Å². The number of nitrogens with one attached hydrogen (secondary N) is 1. The third kappa shape index (κ3) is 4.49. The van der Waals surface area contributed by atoms with Gasteiger partial charge in [0.1, 0.15) is 0 Å². The Morgan fingerprint density at radius 2 is 1.84 bits per heavy atom. The van der Waals surface area contributed by atoms with Gasteiger partial charge in [0.05, 0.1) is 0 Å². The zero-order chi connectivity index (χ0) is 21.3. The number of carbonyl (C=O) groups is 2. The van der Waals surface area contributed by atoms with Crippen molar-refractivity contribution in [2.24, 2.45) is 11.8 Å². The van der Waals surface area contributed by atoms with E-state index in [1.807, 2.05) is 0 Å². The normalized spacial score (nSPS) is 28.4. The predicted octanol–water partition coefficient (Wildman–Crippen LogP) is 4.85. The molecule has 1 saturated carbocycles. The topological polar surface area (TPSA) is 49.4 Å². The number of piperidine rings is 1. The number of carbonyl (C=O) groups excluding carboxylic acids is 2. The van der Waals surface area contributed by atoms with Crippen LogP contribution >= 0.6 is 0 Å². The van der Waals surface area contributed by atoms with Crippen molar-refractivity contribution in [2.45, 2.75) is 69.7 Å². The quantitative estimate of drug-likeness (QED) is 0.755. The van der Waals surface area contributed by atoms with Gasteiger partial charge in [0.2, 0.25) is 11.8 Å². The summed E-state index contributed by atoms with van der Waals surface area (Å²) < 4.78 is 0. The van der Waals surface area contributed by atoms with Crippen molar-refractivity contribution in [3.05, 3.63) is 48.0 Å². The predicted molar refractivity (Wildman–Crippen MR) is 124 cm³/mol. The Hall–Kier alpha value is -2.36. The molecule has 0 spiro atoms. The standard InChI is InChI=1S/C27H34N2O2/c30-25-11-14-27(28-25,18-20-9-10-21-5-1-3-7-23(21)17-20)15-12-26(31)29-16-13-22-6-2-4-8-24(22)19-29/h1,3,5,7,9-10,17,22,24H,2,4,6,8,11-16,18-19H2,(H,28,30)/t22-,24-,27+/m0/s1. The average Bonchev–Trinajstić information content (AvgIpc) is 3.17. The van der Waals surface area contributed by atoms with Crippen LogP contribution in [-0.4, -0.2) is 35.3 Å². The third-order valence-electron chi connectivity index (χ3n) is 8.05. The molecular weight excluding hydrogens is 384 g/mol. The summed E-state index contributed by atoms with van der Waals surface area (Å²) in [5, 5.41) is 5.72. The highest BCUT2D eigenvalue weighted by molar-refractivity contribution is 5.83. The van der Waals surface area contributed by atoms with Gasteiger partial charge in [-0.2, -0.15) is 0 Å². The molecule has 2 saturated heterocycles. The zero-order valence-corrected chi connectivity index (χ0v) is 18.4. The van der Waals surface area contributed by atoms with Crippen molar-refractivity contribution >= 4 is 22.6 Å². The molecule has 4 nitrogen and oxygen atoms in total. The number of benzene rings is 2. The summed E-state index contributed by atoms with van der Waals surface area (Å²) in [7, 11) is 0. The summed E-state index contributed by atoms with van der Waals surface area (Å²) in [6.45, 7) is 1.87. The lowest BCUT2D eigenvalue weighted by Gasteiger charge is -2.41. The molecule has 1 aliphatic carbocycles. The lowest BCUT2D eigenvalue weighted by Crippen LogP contribution is -2.47. The molecule has 4 heteroatoms. The molecule has 31 heavy (non-hydrogen) atoms. The van der Waals surface area contributed by atoms with Crippen LogP contribution in [0.5, 0.6) is 0 Å². The van der Waals surface area contributed by atoms with E-state index in [4.69, 9.17) is 0 Å². The Labute approximate surface area is 185 Å². The number of nitrogens with zero attached hydrogens (tertiary/aromatic N) is 1. The van der Waals surface area contributed by atoms with E-state index in [2.05, 4.69) is 52.7 Å². The number of hydrogen-bond acceptors (Lipinski definition) is 2. The van der Waals surface area contributed by atoms with E-state index >= 15 is 0 Å². The van der Waals surface area contributed by atoms with Crippen molar-refractivity contribution in [2.75, 3.05) is 13.1 Å². The summed E-state index contributed by atoms with van der Waals surface area (Å²) in [4.78, 5) is 27.4. The van der Waals surface area contributed by atoms with E-state index in [1.165, 1.54) is 48.4 Å². The van der Waals surface area contributed by atoms with E-state index in [-0.39, 0.29) is 17.4 Å². The van der Waals surface area contributed by atoms with Crippen LogP contribution in [-0.2, 0) is 16.0 Å². The van der Waals surface area contributed by atoms with Gasteiger partial charge in [-0.15, -0.1) is 0 Å². The average molecular weight is 419 g/mol. The van der Waals surface area contributed by atoms with Gasteiger partial charge in [0.25, 0.3) is 0 Å². The first kappa shape index (κ1) is 20.5. The summed E-state index contributed by atoms with van der Waals surface area (Å²) in [6.07, 6.45) is 9.95. The molecule has 2 aromatic carbocycles. The van der Waals surface area contributed by atoms with Crippen molar-refractivity contribution in [3.8, 4) is 0 Å². The number of hydrogen-bond donors (Lipinski definition) is 1. The molecule has 2 heterocycles. The van der Waals surface area contributed by atoms with Crippen LogP contribution < -0.4 is 5.32 Å². The first-order valence-corrected chi connectivity index (χ1v) is 12.2. The van der Waals surface area contributed by atoms with Crippen LogP contribution in [0, 0.1) is 11.8 Å². The van der Waals surface area contributed by atoms with Crippen LogP contribution in [0.2, 0.25) is 0 Å². The van der Waals surface area contributed by atoms with Gasteiger partial charge in [-0.1, -0.05) is 61.7 Å². The summed E-state index contributed by atoms with van der Waals surface area (Å²) in [5.41, 5.74) is 0.939. The highest BCUT2D eigenvalue weighted by Gasteiger charge is 2.39. The third-order valence-corrected chi connectivity index (χ3v) is 8.05. The largest absolute Gasteiger partial charge is 0.350 e. The minimum atomic E-state index is -0.293. The Bertz CT molecular complexity index is 971. The molecule has 0 radical (unpaired) electrons. The second kappa shape index (κ2) is 8.64. The number of fused-ring (bicyclic) bond motifs is 2. The fourth-order valence-corrected chi connectivity index (χ4v) is 6.25. The van der Waals surface area contributed by atoms with Gasteiger partial charge in [-0.25, -0.2) is 0 Å². The molecule has 2 aromatic rings.